The first-order valence-corrected chi connectivity index (χ1v) is 13.6. The minimum Gasteiger partial charge on any atom is -0.497 e. The summed E-state index contributed by atoms with van der Waals surface area (Å²) in [6.07, 6.45) is 4.12. The number of hydrogen-bond acceptors (Lipinski definition) is 5. The number of fused-ring (bicyclic) bond motifs is 1. The van der Waals surface area contributed by atoms with E-state index in [4.69, 9.17) is 4.74 Å². The molecule has 0 bridgehead atoms. The van der Waals surface area contributed by atoms with Crippen molar-refractivity contribution in [2.24, 2.45) is 5.92 Å². The monoisotopic (exact) mass is 480 g/mol. The summed E-state index contributed by atoms with van der Waals surface area (Å²) in [5.41, 5.74) is 2.15. The Balaban J connectivity index is 1.38. The summed E-state index contributed by atoms with van der Waals surface area (Å²) in [6.45, 7) is 1.87. The number of aliphatic hydroxyl groups excluding tert-OH is 1. The first-order chi connectivity index (χ1) is 16.5. The third kappa shape index (κ3) is 4.60. The predicted octanol–water partition coefficient (Wildman–Crippen LogP) is 3.07. The van der Waals surface area contributed by atoms with Crippen LogP contribution in [0.5, 0.6) is 5.75 Å². The minimum absolute atomic E-state index is 0.0111. The summed E-state index contributed by atoms with van der Waals surface area (Å²) in [5.74, 6) is 7.83. The highest BCUT2D eigenvalue weighted by atomic mass is 32.2. The minimum atomic E-state index is -3.62. The normalized spacial score (nSPS) is 25.8. The van der Waals surface area contributed by atoms with Crippen molar-refractivity contribution in [3.63, 3.8) is 0 Å². The molecule has 3 fully saturated rings. The van der Waals surface area contributed by atoms with E-state index in [1.807, 2.05) is 0 Å². The number of nitrogens with zero attached hydrogens (tertiary/aromatic N) is 2. The molecular formula is C27H32N2O4S. The number of aliphatic hydroxyl groups is 1. The molecule has 3 atom stereocenters. The van der Waals surface area contributed by atoms with Gasteiger partial charge >= 0.3 is 0 Å². The number of hydrogen-bond donors (Lipinski definition) is 1. The summed E-state index contributed by atoms with van der Waals surface area (Å²) in [5, 5.41) is 10.2. The maximum atomic E-state index is 13.5. The van der Waals surface area contributed by atoms with Crippen molar-refractivity contribution >= 4 is 10.0 Å². The van der Waals surface area contributed by atoms with Gasteiger partial charge in [-0.3, -0.25) is 4.90 Å². The van der Waals surface area contributed by atoms with Crippen molar-refractivity contribution in [3.8, 4) is 17.6 Å². The summed E-state index contributed by atoms with van der Waals surface area (Å²) >= 11 is 0. The van der Waals surface area contributed by atoms with Gasteiger partial charge in [0, 0.05) is 42.6 Å². The average molecular weight is 481 g/mol. The number of sulfonamides is 1. The molecular weight excluding hydrogens is 448 g/mol. The summed E-state index contributed by atoms with van der Waals surface area (Å²) in [4.78, 5) is 2.58. The van der Waals surface area contributed by atoms with E-state index in [0.29, 0.717) is 24.8 Å². The van der Waals surface area contributed by atoms with Crippen LogP contribution in [0.15, 0.2) is 53.4 Å². The molecule has 2 aliphatic heterocycles. The summed E-state index contributed by atoms with van der Waals surface area (Å²) in [7, 11) is -2.06. The SMILES string of the molecule is COc1ccc(S(=O)(=O)N2CCCCN3[C@H](C2)[C@@H](c2ccc(C#CC4CC4)cc2)[C@@H]3CO)cc1. The maximum Gasteiger partial charge on any atom is 0.243 e. The highest BCUT2D eigenvalue weighted by Gasteiger charge is 2.50. The Morgan fingerprint density at radius 1 is 1.03 bits per heavy atom. The average Bonchev–Trinajstić information content (AvgIpc) is 3.67. The van der Waals surface area contributed by atoms with Crippen LogP contribution >= 0.6 is 0 Å². The molecule has 7 heteroatoms. The van der Waals surface area contributed by atoms with Gasteiger partial charge in [0.2, 0.25) is 10.0 Å². The lowest BCUT2D eigenvalue weighted by atomic mass is 9.74. The van der Waals surface area contributed by atoms with Gasteiger partial charge in [-0.05, 0) is 74.2 Å². The zero-order valence-electron chi connectivity index (χ0n) is 19.6. The van der Waals surface area contributed by atoms with E-state index in [-0.39, 0.29) is 29.5 Å². The molecule has 2 saturated heterocycles. The van der Waals surface area contributed by atoms with Crippen LogP contribution < -0.4 is 4.74 Å². The van der Waals surface area contributed by atoms with Crippen molar-refractivity contribution in [1.82, 2.24) is 9.21 Å². The fraction of sp³-hybridized carbons (Fsp3) is 0.481. The van der Waals surface area contributed by atoms with Crippen LogP contribution in [0, 0.1) is 17.8 Å². The molecule has 0 spiro atoms. The van der Waals surface area contributed by atoms with Gasteiger partial charge in [-0.2, -0.15) is 4.31 Å². The molecule has 34 heavy (non-hydrogen) atoms. The molecule has 0 radical (unpaired) electrons. The van der Waals surface area contributed by atoms with E-state index in [9.17, 15) is 13.5 Å². The zero-order chi connectivity index (χ0) is 23.7. The van der Waals surface area contributed by atoms with E-state index >= 15 is 0 Å². The molecule has 3 aliphatic rings. The van der Waals surface area contributed by atoms with Crippen molar-refractivity contribution in [3.05, 3.63) is 59.7 Å². The molecule has 1 N–H and O–H groups in total. The Bertz CT molecular complexity index is 1160. The summed E-state index contributed by atoms with van der Waals surface area (Å²) < 4.78 is 33.8. The fourth-order valence-electron chi connectivity index (χ4n) is 5.23. The van der Waals surface area contributed by atoms with Gasteiger partial charge < -0.3 is 9.84 Å². The Morgan fingerprint density at radius 2 is 1.74 bits per heavy atom. The first-order valence-electron chi connectivity index (χ1n) is 12.1. The third-order valence-corrected chi connectivity index (χ3v) is 9.20. The van der Waals surface area contributed by atoms with Gasteiger partial charge in [-0.25, -0.2) is 8.42 Å². The lowest BCUT2D eigenvalue weighted by Crippen LogP contribution is -2.67. The number of ether oxygens (including phenoxy) is 1. The lowest BCUT2D eigenvalue weighted by Gasteiger charge is -2.57. The van der Waals surface area contributed by atoms with Gasteiger partial charge in [0.25, 0.3) is 0 Å². The van der Waals surface area contributed by atoms with Crippen molar-refractivity contribution in [2.45, 2.75) is 48.6 Å². The maximum absolute atomic E-state index is 13.5. The number of methoxy groups -OCH3 is 1. The second-order valence-electron chi connectivity index (χ2n) is 9.49. The fourth-order valence-corrected chi connectivity index (χ4v) is 6.72. The summed E-state index contributed by atoms with van der Waals surface area (Å²) in [6, 6.07) is 14.9. The quantitative estimate of drug-likeness (QED) is 0.666. The van der Waals surface area contributed by atoms with E-state index in [1.165, 1.54) is 12.8 Å². The van der Waals surface area contributed by atoms with E-state index in [2.05, 4.69) is 41.0 Å². The Morgan fingerprint density at radius 3 is 2.38 bits per heavy atom. The van der Waals surface area contributed by atoms with Crippen molar-refractivity contribution < 1.29 is 18.3 Å². The molecule has 0 amide bonds. The van der Waals surface area contributed by atoms with Crippen LogP contribution in [0.3, 0.4) is 0 Å². The molecule has 5 rings (SSSR count). The van der Waals surface area contributed by atoms with Crippen LogP contribution in [-0.2, 0) is 10.0 Å². The Kier molecular flexibility index (Phi) is 6.67. The smallest absolute Gasteiger partial charge is 0.243 e. The molecule has 1 saturated carbocycles. The van der Waals surface area contributed by atoms with Gasteiger partial charge in [0.05, 0.1) is 18.6 Å². The molecule has 1 aliphatic carbocycles. The van der Waals surface area contributed by atoms with Gasteiger partial charge in [0.15, 0.2) is 0 Å². The van der Waals surface area contributed by atoms with E-state index in [0.717, 1.165) is 30.5 Å². The van der Waals surface area contributed by atoms with Crippen LogP contribution in [0.2, 0.25) is 0 Å². The third-order valence-electron chi connectivity index (χ3n) is 7.32. The van der Waals surface area contributed by atoms with Crippen LogP contribution in [0.25, 0.3) is 0 Å². The standard InChI is InChI=1S/C27H32N2O4S/c1-33-23-12-14-24(15-13-23)34(31,32)28-16-2-3-17-29-25(18-28)27(26(29)19-30)22-10-8-21(9-11-22)7-6-20-4-5-20/h8-15,20,25-27,30H,2-5,16-19H2,1H3/t25-,26+,27-/m1/s1. The molecule has 2 aromatic carbocycles. The van der Waals surface area contributed by atoms with Crippen molar-refractivity contribution in [1.29, 1.82) is 0 Å². The molecule has 2 heterocycles. The lowest BCUT2D eigenvalue weighted by molar-refractivity contribution is -0.0553. The predicted molar refractivity (Wildman–Crippen MR) is 131 cm³/mol. The number of rotatable bonds is 5. The highest BCUT2D eigenvalue weighted by molar-refractivity contribution is 7.89. The van der Waals surface area contributed by atoms with E-state index in [1.54, 1.807) is 35.7 Å². The van der Waals surface area contributed by atoms with Crippen LogP contribution in [0.4, 0.5) is 0 Å². The highest BCUT2D eigenvalue weighted by Crippen LogP contribution is 2.42. The van der Waals surface area contributed by atoms with Gasteiger partial charge in [-0.15, -0.1) is 0 Å². The van der Waals surface area contributed by atoms with Gasteiger partial charge in [-0.1, -0.05) is 24.0 Å². The first kappa shape index (κ1) is 23.4. The van der Waals surface area contributed by atoms with Crippen LogP contribution in [-0.4, -0.2) is 68.2 Å². The Labute approximate surface area is 202 Å². The largest absolute Gasteiger partial charge is 0.497 e. The molecule has 0 unspecified atom stereocenters. The van der Waals surface area contributed by atoms with Crippen molar-refractivity contribution in [2.75, 3.05) is 33.4 Å². The molecule has 180 valence electrons. The second-order valence-corrected chi connectivity index (χ2v) is 11.4. The Hall–Kier alpha value is -2.37. The zero-order valence-corrected chi connectivity index (χ0v) is 20.4. The molecule has 6 nitrogen and oxygen atoms in total. The van der Waals surface area contributed by atoms with Gasteiger partial charge in [0.1, 0.15) is 5.75 Å². The topological polar surface area (TPSA) is 70.1 Å². The molecule has 2 aromatic rings. The van der Waals surface area contributed by atoms with Crippen LogP contribution in [0.1, 0.15) is 42.7 Å². The van der Waals surface area contributed by atoms with E-state index < -0.39 is 10.0 Å². The molecule has 0 aromatic heterocycles. The number of benzene rings is 2. The second kappa shape index (κ2) is 9.71.